The van der Waals surface area contributed by atoms with Crippen LogP contribution in [0.4, 0.5) is 0 Å². The van der Waals surface area contributed by atoms with Crippen molar-refractivity contribution in [1.29, 1.82) is 0 Å². The molecule has 0 aliphatic carbocycles. The van der Waals surface area contributed by atoms with Gasteiger partial charge in [-0.25, -0.2) is 15.0 Å². The molecule has 0 fully saturated rings. The fourth-order valence-electron chi connectivity index (χ4n) is 8.09. The van der Waals surface area contributed by atoms with Crippen LogP contribution >= 0.6 is 0 Å². The minimum Gasteiger partial charge on any atom is -0.256 e. The molecular weight excluding hydrogens is 657 g/mol. The topological polar surface area (TPSA) is 51.6 Å². The SMILES string of the molecule is c1ccc(-c2nc(-c3ccc4cc(-c5ccc6c7ccccc7c7ccccc7c6c5)ccc4c3)nc(-c3cc4ccccc4c4ncccc34)n2)cc1. The van der Waals surface area contributed by atoms with Crippen LogP contribution in [0.1, 0.15) is 0 Å². The van der Waals surface area contributed by atoms with Crippen molar-refractivity contribution < 1.29 is 0 Å². The lowest BCUT2D eigenvalue weighted by atomic mass is 9.91. The van der Waals surface area contributed by atoms with E-state index in [-0.39, 0.29) is 0 Å². The van der Waals surface area contributed by atoms with Gasteiger partial charge in [-0.3, -0.25) is 4.98 Å². The third kappa shape index (κ3) is 4.92. The van der Waals surface area contributed by atoms with Gasteiger partial charge in [-0.05, 0) is 89.9 Å². The summed E-state index contributed by atoms with van der Waals surface area (Å²) in [6.45, 7) is 0. The molecule has 11 aromatic rings. The molecule has 0 saturated heterocycles. The van der Waals surface area contributed by atoms with Gasteiger partial charge in [0.1, 0.15) is 0 Å². The molecule has 11 rings (SSSR count). The number of benzene rings is 9. The maximum absolute atomic E-state index is 5.15. The molecule has 0 N–H and O–H groups in total. The Kier molecular flexibility index (Phi) is 6.82. The van der Waals surface area contributed by atoms with Crippen LogP contribution in [0.2, 0.25) is 0 Å². The van der Waals surface area contributed by atoms with Crippen LogP contribution in [0.15, 0.2) is 182 Å². The molecule has 0 bridgehead atoms. The van der Waals surface area contributed by atoms with Crippen LogP contribution in [0.5, 0.6) is 0 Å². The van der Waals surface area contributed by atoms with Gasteiger partial charge in [-0.1, -0.05) is 146 Å². The van der Waals surface area contributed by atoms with Crippen molar-refractivity contribution in [3.8, 4) is 45.3 Å². The summed E-state index contributed by atoms with van der Waals surface area (Å²) in [4.78, 5) is 20.1. The average molecular weight is 687 g/mol. The number of nitrogens with zero attached hydrogens (tertiary/aromatic N) is 4. The highest BCUT2D eigenvalue weighted by molar-refractivity contribution is 6.25. The molecule has 0 spiro atoms. The largest absolute Gasteiger partial charge is 0.256 e. The molecule has 2 aromatic heterocycles. The quantitative estimate of drug-likeness (QED) is 0.173. The molecule has 54 heavy (non-hydrogen) atoms. The normalized spacial score (nSPS) is 11.7. The zero-order chi connectivity index (χ0) is 35.6. The molecule has 0 radical (unpaired) electrons. The Bertz CT molecular complexity index is 3240. The summed E-state index contributed by atoms with van der Waals surface area (Å²) in [5.41, 5.74) is 6.11. The molecule has 0 aliphatic heterocycles. The average Bonchev–Trinajstić information content (AvgIpc) is 3.26. The van der Waals surface area contributed by atoms with Crippen molar-refractivity contribution in [3.05, 3.63) is 182 Å². The minimum atomic E-state index is 0.620. The van der Waals surface area contributed by atoms with Gasteiger partial charge >= 0.3 is 0 Å². The van der Waals surface area contributed by atoms with Gasteiger partial charge in [0.15, 0.2) is 17.5 Å². The van der Waals surface area contributed by atoms with Gasteiger partial charge in [0.05, 0.1) is 5.52 Å². The predicted molar refractivity (Wildman–Crippen MR) is 224 cm³/mol. The molecule has 250 valence electrons. The second kappa shape index (κ2) is 12.1. The van der Waals surface area contributed by atoms with Crippen molar-refractivity contribution in [3.63, 3.8) is 0 Å². The molecular formula is C50H30N4. The van der Waals surface area contributed by atoms with Crippen molar-refractivity contribution in [2.24, 2.45) is 0 Å². The summed E-state index contributed by atoms with van der Waals surface area (Å²) in [5, 5.41) is 13.2. The Labute approximate surface area is 311 Å². The van der Waals surface area contributed by atoms with Gasteiger partial charge in [0, 0.05) is 33.7 Å². The van der Waals surface area contributed by atoms with Crippen LogP contribution in [-0.4, -0.2) is 19.9 Å². The van der Waals surface area contributed by atoms with Gasteiger partial charge in [-0.15, -0.1) is 0 Å². The van der Waals surface area contributed by atoms with Crippen LogP contribution < -0.4 is 0 Å². The first-order valence-electron chi connectivity index (χ1n) is 18.2. The zero-order valence-electron chi connectivity index (χ0n) is 29.1. The Balaban J connectivity index is 1.04. The first-order valence-corrected chi connectivity index (χ1v) is 18.2. The lowest BCUT2D eigenvalue weighted by molar-refractivity contribution is 1.08. The predicted octanol–water partition coefficient (Wildman–Crippen LogP) is 12.9. The van der Waals surface area contributed by atoms with Crippen LogP contribution in [0.25, 0.3) is 110 Å². The maximum atomic E-state index is 5.15. The van der Waals surface area contributed by atoms with Gasteiger partial charge in [0.25, 0.3) is 0 Å². The number of aromatic nitrogens is 4. The number of fused-ring (bicyclic) bond motifs is 10. The Morgan fingerprint density at radius 2 is 0.796 bits per heavy atom. The zero-order valence-corrected chi connectivity index (χ0v) is 29.1. The summed E-state index contributed by atoms with van der Waals surface area (Å²) >= 11 is 0. The molecule has 0 aliphatic rings. The lowest BCUT2D eigenvalue weighted by Crippen LogP contribution is -2.01. The molecule has 0 unspecified atom stereocenters. The van der Waals surface area contributed by atoms with E-state index in [0.717, 1.165) is 49.1 Å². The summed E-state index contributed by atoms with van der Waals surface area (Å²) < 4.78 is 0. The fourth-order valence-corrected chi connectivity index (χ4v) is 8.09. The number of rotatable bonds is 4. The number of pyridine rings is 1. The Morgan fingerprint density at radius 1 is 0.278 bits per heavy atom. The first-order chi connectivity index (χ1) is 26.7. The molecule has 4 heteroatoms. The third-order valence-electron chi connectivity index (χ3n) is 10.7. The van der Waals surface area contributed by atoms with E-state index in [2.05, 4.69) is 140 Å². The monoisotopic (exact) mass is 686 g/mol. The van der Waals surface area contributed by atoms with Crippen LogP contribution in [0.3, 0.4) is 0 Å². The van der Waals surface area contributed by atoms with Crippen LogP contribution in [0, 0.1) is 0 Å². The Hall–Kier alpha value is -7.30. The smallest absolute Gasteiger partial charge is 0.164 e. The van der Waals surface area contributed by atoms with E-state index >= 15 is 0 Å². The second-order valence-corrected chi connectivity index (χ2v) is 13.8. The number of hydrogen-bond donors (Lipinski definition) is 0. The van der Waals surface area contributed by atoms with E-state index in [4.69, 9.17) is 19.9 Å². The van der Waals surface area contributed by atoms with E-state index in [9.17, 15) is 0 Å². The molecule has 0 saturated carbocycles. The first kappa shape index (κ1) is 30.3. The summed E-state index contributed by atoms with van der Waals surface area (Å²) in [6, 6.07) is 62.3. The van der Waals surface area contributed by atoms with Crippen molar-refractivity contribution in [2.45, 2.75) is 0 Å². The van der Waals surface area contributed by atoms with Gasteiger partial charge < -0.3 is 0 Å². The van der Waals surface area contributed by atoms with Crippen molar-refractivity contribution >= 4 is 64.8 Å². The second-order valence-electron chi connectivity index (χ2n) is 13.8. The molecule has 0 atom stereocenters. The minimum absolute atomic E-state index is 0.620. The van der Waals surface area contributed by atoms with Crippen molar-refractivity contribution in [1.82, 2.24) is 19.9 Å². The van der Waals surface area contributed by atoms with Gasteiger partial charge in [-0.2, -0.15) is 0 Å². The van der Waals surface area contributed by atoms with E-state index in [1.54, 1.807) is 0 Å². The van der Waals surface area contributed by atoms with E-state index in [1.165, 1.54) is 43.4 Å². The molecule has 2 heterocycles. The molecule has 0 amide bonds. The lowest BCUT2D eigenvalue weighted by Gasteiger charge is -2.13. The Morgan fingerprint density at radius 3 is 1.54 bits per heavy atom. The summed E-state index contributed by atoms with van der Waals surface area (Å²) in [5.74, 6) is 1.88. The summed E-state index contributed by atoms with van der Waals surface area (Å²) in [7, 11) is 0. The molecule has 9 aromatic carbocycles. The fraction of sp³-hybridized carbons (Fsp3) is 0. The van der Waals surface area contributed by atoms with E-state index in [0.29, 0.717) is 17.5 Å². The standard InChI is InChI=1S/C50H30N4/c1-2-11-31(12-3-1)48-52-49(54-50(53-48)46-30-36-13-4-5-14-38(36)47-44(46)19-10-26-51-47)37-23-22-32-27-33(20-21-34(32)28-37)35-24-25-43-41-17-7-6-15-39(41)40-16-8-9-18-42(40)45(43)29-35/h1-30H. The highest BCUT2D eigenvalue weighted by Gasteiger charge is 2.17. The third-order valence-corrected chi connectivity index (χ3v) is 10.7. The maximum Gasteiger partial charge on any atom is 0.164 e. The van der Waals surface area contributed by atoms with Gasteiger partial charge in [0.2, 0.25) is 0 Å². The summed E-state index contributed by atoms with van der Waals surface area (Å²) in [6.07, 6.45) is 1.84. The highest BCUT2D eigenvalue weighted by atomic mass is 15.0. The highest BCUT2D eigenvalue weighted by Crippen LogP contribution is 2.38. The number of hydrogen-bond acceptors (Lipinski definition) is 4. The van der Waals surface area contributed by atoms with Crippen LogP contribution in [-0.2, 0) is 0 Å². The van der Waals surface area contributed by atoms with E-state index < -0.39 is 0 Å². The van der Waals surface area contributed by atoms with E-state index in [1.807, 2.05) is 42.6 Å². The molecule has 4 nitrogen and oxygen atoms in total. The van der Waals surface area contributed by atoms with Crippen molar-refractivity contribution in [2.75, 3.05) is 0 Å².